The number of nitrogens with zero attached hydrogens (tertiary/aromatic N) is 1. The van der Waals surface area contributed by atoms with E-state index in [1.165, 1.54) is 12.1 Å². The van der Waals surface area contributed by atoms with Gasteiger partial charge in [0.1, 0.15) is 0 Å². The Balaban J connectivity index is 1.75. The highest BCUT2D eigenvalue weighted by atomic mass is 32.2. The number of nitrogens with one attached hydrogen (secondary N) is 1. The van der Waals surface area contributed by atoms with E-state index >= 15 is 0 Å². The molecule has 7 heteroatoms. The van der Waals surface area contributed by atoms with Gasteiger partial charge in [-0.2, -0.15) is 0 Å². The van der Waals surface area contributed by atoms with Gasteiger partial charge >= 0.3 is 0 Å². The highest BCUT2D eigenvalue weighted by Gasteiger charge is 2.27. The first-order chi connectivity index (χ1) is 12.4. The number of amides is 1. The molecule has 1 fully saturated rings. The van der Waals surface area contributed by atoms with Crippen LogP contribution in [0, 0.1) is 0 Å². The Kier molecular flexibility index (Phi) is 5.79. The first kappa shape index (κ1) is 19.1. The van der Waals surface area contributed by atoms with Crippen molar-refractivity contribution in [1.82, 2.24) is 9.62 Å². The van der Waals surface area contributed by atoms with Gasteiger partial charge in [-0.1, -0.05) is 25.1 Å². The molecule has 1 aromatic rings. The number of hydrogen-bond acceptors (Lipinski definition) is 4. The summed E-state index contributed by atoms with van der Waals surface area (Å²) in [6, 6.07) is 6.12. The van der Waals surface area contributed by atoms with E-state index in [0.717, 1.165) is 6.42 Å². The SMILES string of the molecule is CCC1C=CCN1C(=O)c1cccc(S(=O)(=O)NC2CCC(O)CC2)c1. The van der Waals surface area contributed by atoms with E-state index in [-0.39, 0.29) is 29.0 Å². The van der Waals surface area contributed by atoms with Gasteiger partial charge < -0.3 is 10.0 Å². The van der Waals surface area contributed by atoms with Crippen LogP contribution in [0.5, 0.6) is 0 Å². The van der Waals surface area contributed by atoms with Gasteiger partial charge in [0.15, 0.2) is 0 Å². The molecule has 3 rings (SSSR count). The van der Waals surface area contributed by atoms with Crippen LogP contribution >= 0.6 is 0 Å². The van der Waals surface area contributed by atoms with Crippen LogP contribution in [0.1, 0.15) is 49.4 Å². The van der Waals surface area contributed by atoms with Crippen molar-refractivity contribution in [2.24, 2.45) is 0 Å². The average molecular weight is 378 g/mol. The minimum absolute atomic E-state index is 0.0644. The first-order valence-electron chi connectivity index (χ1n) is 9.19. The maximum absolute atomic E-state index is 12.8. The molecule has 2 aliphatic rings. The molecule has 1 aliphatic heterocycles. The molecule has 6 nitrogen and oxygen atoms in total. The van der Waals surface area contributed by atoms with E-state index in [2.05, 4.69) is 4.72 Å². The molecule has 0 bridgehead atoms. The fourth-order valence-corrected chi connectivity index (χ4v) is 4.95. The normalized spacial score (nSPS) is 26.2. The Morgan fingerprint density at radius 3 is 2.69 bits per heavy atom. The van der Waals surface area contributed by atoms with E-state index in [9.17, 15) is 18.3 Å². The molecule has 1 saturated carbocycles. The van der Waals surface area contributed by atoms with Gasteiger partial charge in [0.05, 0.1) is 17.0 Å². The second kappa shape index (κ2) is 7.90. The number of carbonyl (C=O) groups excluding carboxylic acids is 1. The number of sulfonamides is 1. The minimum Gasteiger partial charge on any atom is -0.393 e. The lowest BCUT2D eigenvalue weighted by molar-refractivity contribution is 0.0747. The summed E-state index contributed by atoms with van der Waals surface area (Å²) in [5.41, 5.74) is 0.383. The number of benzene rings is 1. The van der Waals surface area contributed by atoms with Crippen molar-refractivity contribution in [2.75, 3.05) is 6.54 Å². The lowest BCUT2D eigenvalue weighted by Crippen LogP contribution is -2.38. The van der Waals surface area contributed by atoms with Crippen molar-refractivity contribution >= 4 is 15.9 Å². The zero-order valence-electron chi connectivity index (χ0n) is 15.0. The van der Waals surface area contributed by atoms with Crippen LogP contribution < -0.4 is 4.72 Å². The Bertz CT molecular complexity index is 782. The lowest BCUT2D eigenvalue weighted by atomic mass is 9.94. The minimum atomic E-state index is -3.69. The molecule has 0 aromatic heterocycles. The summed E-state index contributed by atoms with van der Waals surface area (Å²) in [5, 5.41) is 9.56. The Morgan fingerprint density at radius 1 is 1.27 bits per heavy atom. The van der Waals surface area contributed by atoms with E-state index in [1.807, 2.05) is 19.1 Å². The van der Waals surface area contributed by atoms with E-state index in [4.69, 9.17) is 0 Å². The van der Waals surface area contributed by atoms with Gasteiger partial charge in [-0.25, -0.2) is 13.1 Å². The standard InChI is InChI=1S/C19H26N2O4S/c1-2-16-6-4-12-21(16)19(23)14-5-3-7-18(13-14)26(24,25)20-15-8-10-17(22)11-9-15/h3-7,13,15-17,20,22H,2,8-12H2,1H3. The third-order valence-corrected chi connectivity index (χ3v) is 6.67. The van der Waals surface area contributed by atoms with Crippen molar-refractivity contribution in [3.05, 3.63) is 42.0 Å². The van der Waals surface area contributed by atoms with Gasteiger partial charge in [0.25, 0.3) is 5.91 Å². The largest absolute Gasteiger partial charge is 0.393 e. The topological polar surface area (TPSA) is 86.7 Å². The molecule has 26 heavy (non-hydrogen) atoms. The maximum atomic E-state index is 12.8. The van der Waals surface area contributed by atoms with Crippen molar-refractivity contribution in [3.8, 4) is 0 Å². The highest BCUT2D eigenvalue weighted by molar-refractivity contribution is 7.89. The second-order valence-corrected chi connectivity index (χ2v) is 8.73. The molecule has 0 saturated heterocycles. The molecule has 2 N–H and O–H groups in total. The summed E-state index contributed by atoms with van der Waals surface area (Å²) in [7, 11) is -3.69. The monoisotopic (exact) mass is 378 g/mol. The van der Waals surface area contributed by atoms with Gasteiger partial charge in [0.2, 0.25) is 10.0 Å². The van der Waals surface area contributed by atoms with Crippen LogP contribution in [-0.4, -0.2) is 49.1 Å². The summed E-state index contributed by atoms with van der Waals surface area (Å²) < 4.78 is 28.1. The maximum Gasteiger partial charge on any atom is 0.254 e. The van der Waals surface area contributed by atoms with Crippen molar-refractivity contribution in [1.29, 1.82) is 0 Å². The third-order valence-electron chi connectivity index (χ3n) is 5.15. The number of hydrogen-bond donors (Lipinski definition) is 2. The second-order valence-electron chi connectivity index (χ2n) is 7.02. The first-order valence-corrected chi connectivity index (χ1v) is 10.7. The Morgan fingerprint density at radius 2 is 2.00 bits per heavy atom. The molecular weight excluding hydrogens is 352 g/mol. The molecule has 0 radical (unpaired) electrons. The summed E-state index contributed by atoms with van der Waals surface area (Å²) >= 11 is 0. The molecule has 1 aromatic carbocycles. The van der Waals surface area contributed by atoms with E-state index in [0.29, 0.717) is 37.8 Å². The molecule has 1 amide bonds. The fraction of sp³-hybridized carbons (Fsp3) is 0.526. The van der Waals surface area contributed by atoms with Crippen LogP contribution in [0.2, 0.25) is 0 Å². The van der Waals surface area contributed by atoms with Gasteiger partial charge in [-0.15, -0.1) is 0 Å². The molecule has 1 heterocycles. The number of aliphatic hydroxyl groups is 1. The van der Waals surface area contributed by atoms with Crippen LogP contribution in [-0.2, 0) is 10.0 Å². The smallest absolute Gasteiger partial charge is 0.254 e. The van der Waals surface area contributed by atoms with Crippen LogP contribution in [0.4, 0.5) is 0 Å². The Hall–Kier alpha value is -1.70. The average Bonchev–Trinajstić information content (AvgIpc) is 3.12. The number of aliphatic hydroxyl groups excluding tert-OH is 1. The molecule has 1 atom stereocenters. The van der Waals surface area contributed by atoms with Crippen molar-refractivity contribution in [2.45, 2.75) is 62.1 Å². The van der Waals surface area contributed by atoms with E-state index < -0.39 is 10.0 Å². The molecular formula is C19H26N2O4S. The van der Waals surface area contributed by atoms with Crippen LogP contribution in [0.3, 0.4) is 0 Å². The number of carbonyl (C=O) groups is 1. The Labute approximate surface area is 155 Å². The van der Waals surface area contributed by atoms with Gasteiger partial charge in [-0.3, -0.25) is 4.79 Å². The molecule has 0 spiro atoms. The molecule has 1 aliphatic carbocycles. The summed E-state index contributed by atoms with van der Waals surface area (Å²) in [4.78, 5) is 14.6. The lowest BCUT2D eigenvalue weighted by Gasteiger charge is -2.26. The van der Waals surface area contributed by atoms with Crippen LogP contribution in [0.25, 0.3) is 0 Å². The van der Waals surface area contributed by atoms with Gasteiger partial charge in [0, 0.05) is 18.2 Å². The fourth-order valence-electron chi connectivity index (χ4n) is 3.60. The van der Waals surface area contributed by atoms with Gasteiger partial charge in [-0.05, 0) is 50.3 Å². The van der Waals surface area contributed by atoms with E-state index in [1.54, 1.807) is 17.0 Å². The van der Waals surface area contributed by atoms with Crippen molar-refractivity contribution < 1.29 is 18.3 Å². The highest BCUT2D eigenvalue weighted by Crippen LogP contribution is 2.22. The molecule has 142 valence electrons. The zero-order valence-corrected chi connectivity index (χ0v) is 15.8. The predicted molar refractivity (Wildman–Crippen MR) is 99.3 cm³/mol. The number of rotatable bonds is 5. The molecule has 1 unspecified atom stereocenters. The summed E-state index contributed by atoms with van der Waals surface area (Å²) in [5.74, 6) is -0.153. The quantitative estimate of drug-likeness (QED) is 0.768. The van der Waals surface area contributed by atoms with Crippen LogP contribution in [0.15, 0.2) is 41.3 Å². The zero-order chi connectivity index (χ0) is 18.7. The summed E-state index contributed by atoms with van der Waals surface area (Å²) in [6.45, 7) is 2.57. The van der Waals surface area contributed by atoms with Crippen molar-refractivity contribution in [3.63, 3.8) is 0 Å². The predicted octanol–water partition coefficient (Wildman–Crippen LogP) is 2.06. The summed E-state index contributed by atoms with van der Waals surface area (Å²) in [6.07, 6.45) is 6.92. The third kappa shape index (κ3) is 4.16.